The highest BCUT2D eigenvalue weighted by Gasteiger charge is 2.30. The number of amides is 1. The molecule has 3 N–H and O–H groups in total. The molecule has 1 saturated carbocycles. The molecule has 1 atom stereocenters. The second kappa shape index (κ2) is 6.37. The van der Waals surface area contributed by atoms with E-state index in [9.17, 15) is 9.59 Å². The quantitative estimate of drug-likeness (QED) is 0.690. The summed E-state index contributed by atoms with van der Waals surface area (Å²) in [5.41, 5.74) is 0. The molecule has 108 valence electrons. The minimum Gasteiger partial charge on any atom is -0.481 e. The van der Waals surface area contributed by atoms with Crippen LogP contribution >= 0.6 is 0 Å². The summed E-state index contributed by atoms with van der Waals surface area (Å²) in [6.07, 6.45) is 3.32. The first-order valence-corrected chi connectivity index (χ1v) is 7.29. The number of nitrogens with one attached hydrogen (secondary N) is 2. The van der Waals surface area contributed by atoms with Crippen LogP contribution in [0.25, 0.3) is 0 Å². The molecule has 0 bridgehead atoms. The maximum atomic E-state index is 12.0. The summed E-state index contributed by atoms with van der Waals surface area (Å²) < 4.78 is 0. The summed E-state index contributed by atoms with van der Waals surface area (Å²) in [5, 5.41) is 15.1. The lowest BCUT2D eigenvalue weighted by molar-refractivity contribution is -0.143. The van der Waals surface area contributed by atoms with Crippen LogP contribution in [0, 0.1) is 23.7 Å². The van der Waals surface area contributed by atoms with E-state index in [1.165, 1.54) is 0 Å². The third kappa shape index (κ3) is 3.69. The maximum Gasteiger partial charge on any atom is 0.306 e. The first-order valence-electron chi connectivity index (χ1n) is 7.29. The van der Waals surface area contributed by atoms with Crippen molar-refractivity contribution < 1.29 is 14.7 Å². The van der Waals surface area contributed by atoms with Gasteiger partial charge in [-0.2, -0.15) is 0 Å². The van der Waals surface area contributed by atoms with Crippen LogP contribution in [0.3, 0.4) is 0 Å². The van der Waals surface area contributed by atoms with Gasteiger partial charge < -0.3 is 15.7 Å². The van der Waals surface area contributed by atoms with Crippen LogP contribution in [-0.2, 0) is 9.59 Å². The van der Waals surface area contributed by atoms with E-state index in [0.29, 0.717) is 18.4 Å². The van der Waals surface area contributed by atoms with Crippen molar-refractivity contribution >= 4 is 11.9 Å². The fraction of sp³-hybridized carbons (Fsp3) is 0.857. The van der Waals surface area contributed by atoms with Crippen molar-refractivity contribution in [3.8, 4) is 0 Å². The number of hydrogen-bond acceptors (Lipinski definition) is 3. The summed E-state index contributed by atoms with van der Waals surface area (Å²) in [5.74, 6) is 0.304. The van der Waals surface area contributed by atoms with Crippen molar-refractivity contribution in [3.05, 3.63) is 0 Å². The summed E-state index contributed by atoms with van der Waals surface area (Å²) in [6.45, 7) is 4.58. The Morgan fingerprint density at radius 3 is 2.37 bits per heavy atom. The molecule has 1 saturated heterocycles. The Kier molecular flexibility index (Phi) is 4.80. The Labute approximate surface area is 114 Å². The Bertz CT molecular complexity index is 334. The van der Waals surface area contributed by atoms with Crippen molar-refractivity contribution in [1.29, 1.82) is 0 Å². The van der Waals surface area contributed by atoms with E-state index in [2.05, 4.69) is 10.6 Å². The van der Waals surface area contributed by atoms with Crippen molar-refractivity contribution in [1.82, 2.24) is 10.6 Å². The molecule has 0 aromatic rings. The predicted octanol–water partition coefficient (Wildman–Crippen LogP) is 0.849. The monoisotopic (exact) mass is 268 g/mol. The normalized spacial score (nSPS) is 29.3. The number of aliphatic carboxylic acids is 1. The molecule has 0 radical (unpaired) electrons. The molecular formula is C14H24N2O3. The molecule has 0 aromatic carbocycles. The minimum atomic E-state index is -0.673. The van der Waals surface area contributed by atoms with Crippen LogP contribution in [0.4, 0.5) is 0 Å². The van der Waals surface area contributed by atoms with Crippen molar-refractivity contribution in [3.63, 3.8) is 0 Å². The van der Waals surface area contributed by atoms with E-state index in [1.54, 1.807) is 0 Å². The molecule has 5 nitrogen and oxygen atoms in total. The van der Waals surface area contributed by atoms with Crippen LogP contribution in [0.1, 0.15) is 32.6 Å². The van der Waals surface area contributed by atoms with E-state index in [0.717, 1.165) is 38.8 Å². The van der Waals surface area contributed by atoms with Gasteiger partial charge in [-0.15, -0.1) is 0 Å². The number of rotatable bonds is 5. The highest BCUT2D eigenvalue weighted by Crippen LogP contribution is 2.28. The van der Waals surface area contributed by atoms with Crippen LogP contribution < -0.4 is 10.6 Å². The van der Waals surface area contributed by atoms with E-state index < -0.39 is 5.97 Å². The molecule has 0 aromatic heterocycles. The van der Waals surface area contributed by atoms with Gasteiger partial charge in [0.15, 0.2) is 0 Å². The molecule has 1 heterocycles. The average Bonchev–Trinajstić information content (AvgIpc) is 2.34. The smallest absolute Gasteiger partial charge is 0.306 e. The number of carboxylic acids is 1. The number of carboxylic acid groups (broad SMARTS) is 1. The highest BCUT2D eigenvalue weighted by atomic mass is 16.4. The summed E-state index contributed by atoms with van der Waals surface area (Å²) in [6, 6.07) is 0. The minimum absolute atomic E-state index is 0.0802. The average molecular weight is 268 g/mol. The molecule has 5 heteroatoms. The number of hydrogen-bond donors (Lipinski definition) is 3. The van der Waals surface area contributed by atoms with Gasteiger partial charge in [-0.1, -0.05) is 6.92 Å². The van der Waals surface area contributed by atoms with E-state index >= 15 is 0 Å². The SMILES string of the molecule is CC(C(=O)NCC1CCC(C(=O)O)CC1)C1CNC1. The molecule has 0 spiro atoms. The van der Waals surface area contributed by atoms with Crippen LogP contribution in [0.15, 0.2) is 0 Å². The van der Waals surface area contributed by atoms with Gasteiger partial charge in [-0.3, -0.25) is 9.59 Å². The third-order valence-corrected chi connectivity index (χ3v) is 4.69. The summed E-state index contributed by atoms with van der Waals surface area (Å²) in [4.78, 5) is 22.8. The standard InChI is InChI=1S/C14H24N2O3/c1-9(12-7-15-8-12)13(17)16-6-10-2-4-11(5-3-10)14(18)19/h9-12,15H,2-8H2,1H3,(H,16,17)(H,18,19). The Balaban J connectivity index is 1.65. The van der Waals surface area contributed by atoms with Crippen molar-refractivity contribution in [2.45, 2.75) is 32.6 Å². The molecule has 1 unspecified atom stereocenters. The van der Waals surface area contributed by atoms with Gasteiger partial charge in [0, 0.05) is 12.5 Å². The van der Waals surface area contributed by atoms with Crippen molar-refractivity contribution in [2.75, 3.05) is 19.6 Å². The molecule has 1 aliphatic heterocycles. The Morgan fingerprint density at radius 2 is 1.89 bits per heavy atom. The number of carbonyl (C=O) groups is 2. The lowest BCUT2D eigenvalue weighted by Crippen LogP contribution is -2.50. The van der Waals surface area contributed by atoms with Crippen LogP contribution in [0.2, 0.25) is 0 Å². The van der Waals surface area contributed by atoms with Gasteiger partial charge in [0.1, 0.15) is 0 Å². The third-order valence-electron chi connectivity index (χ3n) is 4.69. The fourth-order valence-corrected chi connectivity index (χ4v) is 2.90. The van der Waals surface area contributed by atoms with Gasteiger partial charge in [-0.25, -0.2) is 0 Å². The second-order valence-electron chi connectivity index (χ2n) is 6.01. The van der Waals surface area contributed by atoms with Gasteiger partial charge in [-0.05, 0) is 50.6 Å². The predicted molar refractivity (Wildman–Crippen MR) is 71.6 cm³/mol. The van der Waals surface area contributed by atoms with Gasteiger partial charge in [0.2, 0.25) is 5.91 Å². The Hall–Kier alpha value is -1.10. The molecule has 2 aliphatic rings. The van der Waals surface area contributed by atoms with Crippen LogP contribution in [-0.4, -0.2) is 36.6 Å². The summed E-state index contributed by atoms with van der Waals surface area (Å²) in [7, 11) is 0. The molecule has 2 rings (SSSR count). The lowest BCUT2D eigenvalue weighted by atomic mass is 9.82. The topological polar surface area (TPSA) is 78.4 Å². The zero-order chi connectivity index (χ0) is 13.8. The summed E-state index contributed by atoms with van der Waals surface area (Å²) >= 11 is 0. The molecule has 1 aliphatic carbocycles. The zero-order valence-corrected chi connectivity index (χ0v) is 11.5. The van der Waals surface area contributed by atoms with E-state index in [-0.39, 0.29) is 17.7 Å². The van der Waals surface area contributed by atoms with E-state index in [1.807, 2.05) is 6.92 Å². The van der Waals surface area contributed by atoms with Crippen LogP contribution in [0.5, 0.6) is 0 Å². The molecule has 2 fully saturated rings. The molecule has 19 heavy (non-hydrogen) atoms. The fourth-order valence-electron chi connectivity index (χ4n) is 2.90. The first kappa shape index (κ1) is 14.3. The maximum absolute atomic E-state index is 12.0. The van der Waals surface area contributed by atoms with Gasteiger partial charge in [0.05, 0.1) is 5.92 Å². The van der Waals surface area contributed by atoms with Gasteiger partial charge in [0.25, 0.3) is 0 Å². The largest absolute Gasteiger partial charge is 0.481 e. The number of carbonyl (C=O) groups excluding carboxylic acids is 1. The van der Waals surface area contributed by atoms with E-state index in [4.69, 9.17) is 5.11 Å². The lowest BCUT2D eigenvalue weighted by Gasteiger charge is -2.32. The highest BCUT2D eigenvalue weighted by molar-refractivity contribution is 5.78. The molecule has 1 amide bonds. The van der Waals surface area contributed by atoms with Crippen molar-refractivity contribution in [2.24, 2.45) is 23.7 Å². The molecular weight excluding hydrogens is 244 g/mol. The second-order valence-corrected chi connectivity index (χ2v) is 6.01. The Morgan fingerprint density at radius 1 is 1.26 bits per heavy atom. The zero-order valence-electron chi connectivity index (χ0n) is 11.5. The van der Waals surface area contributed by atoms with Gasteiger partial charge >= 0.3 is 5.97 Å². The first-order chi connectivity index (χ1) is 9.08.